The van der Waals surface area contributed by atoms with E-state index in [1.807, 2.05) is 0 Å². The van der Waals surface area contributed by atoms with E-state index < -0.39 is 39.6 Å². The van der Waals surface area contributed by atoms with Crippen molar-refractivity contribution in [2.75, 3.05) is 7.05 Å². The van der Waals surface area contributed by atoms with Crippen LogP contribution in [0, 0.1) is 6.92 Å². The molecular weight excluding hydrogens is 382 g/mol. The summed E-state index contributed by atoms with van der Waals surface area (Å²) >= 11 is 1.38. The van der Waals surface area contributed by atoms with Crippen LogP contribution in [0.2, 0.25) is 0 Å². The first kappa shape index (κ1) is 20.5. The van der Waals surface area contributed by atoms with Crippen LogP contribution in [0.15, 0.2) is 18.2 Å². The van der Waals surface area contributed by atoms with Gasteiger partial charge in [0.25, 0.3) is 0 Å². The third-order valence-electron chi connectivity index (χ3n) is 5.69. The number of carbonyl (C=O) groups excluding carboxylic acids is 2. The molecule has 0 aliphatic carbocycles. The minimum Gasteiger partial charge on any atom is -0.508 e. The van der Waals surface area contributed by atoms with Crippen LogP contribution in [0.3, 0.4) is 0 Å². The summed E-state index contributed by atoms with van der Waals surface area (Å²) in [5.41, 5.74) is 0.161. The predicted molar refractivity (Wildman–Crippen MR) is 105 cm³/mol. The van der Waals surface area contributed by atoms with Gasteiger partial charge in [0, 0.05) is 4.75 Å². The van der Waals surface area contributed by atoms with Gasteiger partial charge in [-0.3, -0.25) is 9.59 Å². The molecule has 8 nitrogen and oxygen atoms in total. The van der Waals surface area contributed by atoms with E-state index in [0.29, 0.717) is 11.1 Å². The molecule has 2 aliphatic heterocycles. The topological polar surface area (TPSA) is 119 Å². The Kier molecular flexibility index (Phi) is 4.87. The zero-order valence-corrected chi connectivity index (χ0v) is 17.3. The zero-order valence-electron chi connectivity index (χ0n) is 16.4. The van der Waals surface area contributed by atoms with Crippen LogP contribution in [0.25, 0.3) is 0 Å². The van der Waals surface area contributed by atoms with Crippen molar-refractivity contribution in [2.24, 2.45) is 0 Å². The van der Waals surface area contributed by atoms with Crippen molar-refractivity contribution in [1.29, 1.82) is 0 Å². The van der Waals surface area contributed by atoms with E-state index in [1.54, 1.807) is 46.9 Å². The van der Waals surface area contributed by atoms with Gasteiger partial charge in [0.1, 0.15) is 28.7 Å². The van der Waals surface area contributed by atoms with E-state index in [9.17, 15) is 24.6 Å². The van der Waals surface area contributed by atoms with Gasteiger partial charge < -0.3 is 25.7 Å². The third-order valence-corrected chi connectivity index (χ3v) is 7.26. The van der Waals surface area contributed by atoms with Gasteiger partial charge in [-0.15, -0.1) is 11.8 Å². The Hall–Kier alpha value is -2.26. The number of hydrogen-bond donors (Lipinski definition) is 4. The highest BCUT2D eigenvalue weighted by Crippen LogP contribution is 2.50. The molecule has 1 aromatic carbocycles. The summed E-state index contributed by atoms with van der Waals surface area (Å²) in [5.74, 6) is -1.69. The highest BCUT2D eigenvalue weighted by Gasteiger charge is 2.64. The van der Waals surface area contributed by atoms with Gasteiger partial charge in [0.2, 0.25) is 11.8 Å². The Labute approximate surface area is 167 Å². The molecule has 0 unspecified atom stereocenters. The number of nitrogens with one attached hydrogen (secondary N) is 2. The van der Waals surface area contributed by atoms with Gasteiger partial charge in [-0.25, -0.2) is 4.79 Å². The maximum atomic E-state index is 13.1. The van der Waals surface area contributed by atoms with Gasteiger partial charge in [0.05, 0.1) is 0 Å². The van der Waals surface area contributed by atoms with Crippen LogP contribution < -0.4 is 10.6 Å². The largest absolute Gasteiger partial charge is 0.508 e. The molecule has 28 heavy (non-hydrogen) atoms. The fourth-order valence-electron chi connectivity index (χ4n) is 3.79. The number of aryl methyl sites for hydroxylation is 1. The molecule has 0 aromatic heterocycles. The average Bonchev–Trinajstić information content (AvgIpc) is 2.89. The zero-order chi connectivity index (χ0) is 21.0. The summed E-state index contributed by atoms with van der Waals surface area (Å²) in [7, 11) is 1.64. The van der Waals surface area contributed by atoms with Crippen molar-refractivity contribution in [3.8, 4) is 5.75 Å². The number of β-lactam (4-membered cyclic amide) rings is 1. The minimum atomic E-state index is -1.12. The number of amides is 2. The van der Waals surface area contributed by atoms with Gasteiger partial charge in [-0.1, -0.05) is 12.1 Å². The highest BCUT2D eigenvalue weighted by molar-refractivity contribution is 8.01. The molecule has 1 aromatic rings. The summed E-state index contributed by atoms with van der Waals surface area (Å²) in [6.07, 6.45) is 0. The summed E-state index contributed by atoms with van der Waals surface area (Å²) in [6.45, 7) is 7.01. The number of phenolic OH excluding ortho intramolecular Hbond substituents is 1. The van der Waals surface area contributed by atoms with Gasteiger partial charge in [-0.05, 0) is 51.9 Å². The quantitative estimate of drug-likeness (QED) is 0.532. The average molecular weight is 407 g/mol. The molecule has 0 radical (unpaired) electrons. The molecule has 0 spiro atoms. The number of rotatable bonds is 5. The standard InChI is InChI=1S/C19H25N3O5S/c1-9-8-10(6-7-11(9)23)19(4,20-5)17(27)21-12-14(24)22-13(16(25)26)18(2,3)28-15(12)22/h6-8,12-13,15,20,23H,1-5H3,(H,21,27)(H,25,26)/t12-,13+,15-,19-/m1/s1. The number of aromatic hydroxyl groups is 1. The second-order valence-corrected chi connectivity index (χ2v) is 9.70. The van der Waals surface area contributed by atoms with Crippen LogP contribution in [-0.4, -0.2) is 62.1 Å². The van der Waals surface area contributed by atoms with Crippen LogP contribution in [0.5, 0.6) is 5.75 Å². The Morgan fingerprint density at radius 1 is 1.32 bits per heavy atom. The normalized spacial score (nSPS) is 27.5. The molecule has 2 saturated heterocycles. The highest BCUT2D eigenvalue weighted by atomic mass is 32.2. The predicted octanol–water partition coefficient (Wildman–Crippen LogP) is 0.767. The van der Waals surface area contributed by atoms with Crippen molar-refractivity contribution < 1.29 is 24.6 Å². The van der Waals surface area contributed by atoms with E-state index in [-0.39, 0.29) is 11.7 Å². The van der Waals surface area contributed by atoms with Gasteiger partial charge >= 0.3 is 5.97 Å². The first-order valence-corrected chi connectivity index (χ1v) is 9.85. The summed E-state index contributed by atoms with van der Waals surface area (Å²) < 4.78 is -0.647. The van der Waals surface area contributed by atoms with Crippen molar-refractivity contribution >= 4 is 29.5 Å². The number of hydrogen-bond acceptors (Lipinski definition) is 6. The van der Waals surface area contributed by atoms with Gasteiger partial charge in [0.15, 0.2) is 0 Å². The number of fused-ring (bicyclic) bond motifs is 1. The molecule has 3 rings (SSSR count). The SMILES string of the molecule is CN[C@@](C)(C(=O)N[C@@H]1C(=O)N2[C@@H]1SC(C)(C)[C@@H]2C(=O)O)c1ccc(O)c(C)c1. The number of carboxylic acid groups (broad SMARTS) is 1. The van der Waals surface area contributed by atoms with Crippen LogP contribution in [0.4, 0.5) is 0 Å². The number of nitrogens with zero attached hydrogens (tertiary/aromatic N) is 1. The molecule has 9 heteroatoms. The molecular formula is C19H25N3O5S. The Morgan fingerprint density at radius 2 is 1.96 bits per heavy atom. The second kappa shape index (κ2) is 6.66. The van der Waals surface area contributed by atoms with Crippen molar-refractivity contribution in [2.45, 2.75) is 55.4 Å². The molecule has 0 saturated carbocycles. The Balaban J connectivity index is 1.82. The van der Waals surface area contributed by atoms with Crippen LogP contribution >= 0.6 is 11.8 Å². The molecule has 2 heterocycles. The third kappa shape index (κ3) is 2.93. The number of phenols is 1. The lowest BCUT2D eigenvalue weighted by Gasteiger charge is -2.44. The van der Waals surface area contributed by atoms with E-state index in [0.717, 1.165) is 0 Å². The summed E-state index contributed by atoms with van der Waals surface area (Å²) in [5, 5.41) is 24.6. The molecule has 152 valence electrons. The Morgan fingerprint density at radius 3 is 2.50 bits per heavy atom. The number of benzene rings is 1. The number of carboxylic acids is 1. The van der Waals surface area contributed by atoms with E-state index in [4.69, 9.17) is 0 Å². The van der Waals surface area contributed by atoms with Crippen molar-refractivity contribution in [3.63, 3.8) is 0 Å². The monoisotopic (exact) mass is 407 g/mol. The molecule has 0 bridgehead atoms. The molecule has 2 amide bonds. The number of thioether (sulfide) groups is 1. The number of aliphatic carboxylic acids is 1. The fourth-order valence-corrected chi connectivity index (χ4v) is 5.41. The lowest BCUT2D eigenvalue weighted by Crippen LogP contribution is -2.72. The summed E-state index contributed by atoms with van der Waals surface area (Å²) in [6, 6.07) is 3.21. The number of carbonyl (C=O) groups is 3. The Bertz CT molecular complexity index is 858. The van der Waals surface area contributed by atoms with E-state index in [1.165, 1.54) is 22.7 Å². The number of likely N-dealkylation sites (N-methyl/N-ethyl adjacent to an activating group) is 1. The van der Waals surface area contributed by atoms with Crippen LogP contribution in [-0.2, 0) is 19.9 Å². The van der Waals surface area contributed by atoms with Crippen molar-refractivity contribution in [1.82, 2.24) is 15.5 Å². The molecule has 4 atom stereocenters. The first-order chi connectivity index (χ1) is 12.9. The van der Waals surface area contributed by atoms with E-state index in [2.05, 4.69) is 10.6 Å². The fraction of sp³-hybridized carbons (Fsp3) is 0.526. The lowest BCUT2D eigenvalue weighted by molar-refractivity contribution is -0.161. The first-order valence-electron chi connectivity index (χ1n) is 8.97. The smallest absolute Gasteiger partial charge is 0.327 e. The molecule has 2 aliphatic rings. The second-order valence-electron chi connectivity index (χ2n) is 7.93. The molecule has 4 N–H and O–H groups in total. The maximum Gasteiger partial charge on any atom is 0.327 e. The van der Waals surface area contributed by atoms with Crippen molar-refractivity contribution in [3.05, 3.63) is 29.3 Å². The lowest BCUT2D eigenvalue weighted by atomic mass is 9.88. The summed E-state index contributed by atoms with van der Waals surface area (Å²) in [4.78, 5) is 38.6. The molecule has 2 fully saturated rings. The maximum absolute atomic E-state index is 13.1. The minimum absolute atomic E-state index is 0.136. The van der Waals surface area contributed by atoms with Crippen LogP contribution in [0.1, 0.15) is 31.9 Å². The van der Waals surface area contributed by atoms with E-state index >= 15 is 0 Å². The van der Waals surface area contributed by atoms with Gasteiger partial charge in [-0.2, -0.15) is 0 Å².